The van der Waals surface area contributed by atoms with E-state index in [9.17, 15) is 0 Å². The SMILES string of the molecule is IC(I)(C1CC2CCC1C2)C1CC2CCC1C2. The van der Waals surface area contributed by atoms with Gasteiger partial charge in [-0.15, -0.1) is 0 Å². The predicted molar refractivity (Wildman–Crippen MR) is 88.6 cm³/mol. The molecule has 0 spiro atoms. The molecule has 4 fully saturated rings. The third kappa shape index (κ3) is 1.85. The van der Waals surface area contributed by atoms with E-state index >= 15 is 0 Å². The van der Waals surface area contributed by atoms with Gasteiger partial charge in [0.2, 0.25) is 0 Å². The summed E-state index contributed by atoms with van der Waals surface area (Å²) >= 11 is 5.77. The minimum Gasteiger partial charge on any atom is -0.0666 e. The van der Waals surface area contributed by atoms with E-state index in [1.807, 2.05) is 0 Å². The fourth-order valence-electron chi connectivity index (χ4n) is 5.71. The van der Waals surface area contributed by atoms with Gasteiger partial charge in [0.05, 0.1) is 1.43 Å². The number of rotatable bonds is 2. The van der Waals surface area contributed by atoms with Crippen molar-refractivity contribution in [3.63, 3.8) is 0 Å². The van der Waals surface area contributed by atoms with Crippen LogP contribution in [0.4, 0.5) is 0 Å². The summed E-state index contributed by atoms with van der Waals surface area (Å²) in [6.45, 7) is 0. The van der Waals surface area contributed by atoms with Gasteiger partial charge in [0.25, 0.3) is 0 Å². The van der Waals surface area contributed by atoms with Gasteiger partial charge in [0.1, 0.15) is 0 Å². The summed E-state index contributed by atoms with van der Waals surface area (Å²) in [6, 6.07) is 0. The van der Waals surface area contributed by atoms with Crippen LogP contribution in [-0.2, 0) is 0 Å². The van der Waals surface area contributed by atoms with E-state index in [2.05, 4.69) is 45.2 Å². The molecule has 6 atom stereocenters. The minimum absolute atomic E-state index is 0.606. The maximum Gasteiger partial charge on any atom is 0.0796 e. The van der Waals surface area contributed by atoms with Crippen LogP contribution < -0.4 is 0 Å². The van der Waals surface area contributed by atoms with Crippen molar-refractivity contribution in [3.05, 3.63) is 0 Å². The van der Waals surface area contributed by atoms with E-state index in [1.54, 1.807) is 51.4 Å². The largest absolute Gasteiger partial charge is 0.0796 e. The maximum atomic E-state index is 2.88. The lowest BCUT2D eigenvalue weighted by Gasteiger charge is -2.42. The lowest BCUT2D eigenvalue weighted by atomic mass is 9.76. The Morgan fingerprint density at radius 1 is 0.647 bits per heavy atom. The van der Waals surface area contributed by atoms with Crippen LogP contribution >= 0.6 is 45.2 Å². The molecule has 0 aromatic heterocycles. The fourth-order valence-corrected chi connectivity index (χ4v) is 8.76. The van der Waals surface area contributed by atoms with Crippen LogP contribution in [0, 0.1) is 35.5 Å². The standard InChI is InChI=1S/C15H22I2/c16-15(17,13-7-9-1-3-11(13)5-9)14-8-10-2-4-12(14)6-10/h9-14H,1-8H2. The molecule has 4 aliphatic carbocycles. The monoisotopic (exact) mass is 456 g/mol. The maximum absolute atomic E-state index is 2.88. The summed E-state index contributed by atoms with van der Waals surface area (Å²) in [6.07, 6.45) is 12.5. The Kier molecular flexibility index (Phi) is 3.04. The number of hydrogen-bond donors (Lipinski definition) is 0. The molecule has 0 aromatic rings. The van der Waals surface area contributed by atoms with Crippen LogP contribution in [0.1, 0.15) is 51.4 Å². The zero-order valence-electron chi connectivity index (χ0n) is 10.4. The van der Waals surface area contributed by atoms with Crippen LogP contribution in [0.15, 0.2) is 0 Å². The average Bonchev–Trinajstić information content (AvgIpc) is 3.07. The first kappa shape index (κ1) is 12.2. The van der Waals surface area contributed by atoms with Gasteiger partial charge in [-0.3, -0.25) is 0 Å². The van der Waals surface area contributed by atoms with Crippen molar-refractivity contribution < 1.29 is 0 Å². The van der Waals surface area contributed by atoms with Crippen LogP contribution in [0.3, 0.4) is 0 Å². The van der Waals surface area contributed by atoms with Crippen molar-refractivity contribution in [2.24, 2.45) is 35.5 Å². The smallest absolute Gasteiger partial charge is 0.0666 e. The van der Waals surface area contributed by atoms with Crippen LogP contribution in [0.2, 0.25) is 0 Å². The predicted octanol–water partition coefficient (Wildman–Crippen LogP) is 5.43. The molecule has 0 radical (unpaired) electrons. The Balaban J connectivity index is 1.55. The van der Waals surface area contributed by atoms with E-state index in [1.165, 1.54) is 0 Å². The highest BCUT2D eigenvalue weighted by Gasteiger charge is 2.56. The molecule has 0 aliphatic heterocycles. The average molecular weight is 456 g/mol. The lowest BCUT2D eigenvalue weighted by Crippen LogP contribution is -2.38. The molecule has 0 N–H and O–H groups in total. The molecule has 6 unspecified atom stereocenters. The van der Waals surface area contributed by atoms with Gasteiger partial charge in [-0.1, -0.05) is 58.0 Å². The first-order chi connectivity index (χ1) is 8.14. The van der Waals surface area contributed by atoms with E-state index in [0.29, 0.717) is 1.43 Å². The Morgan fingerprint density at radius 3 is 1.41 bits per heavy atom. The lowest BCUT2D eigenvalue weighted by molar-refractivity contribution is 0.228. The number of fused-ring (bicyclic) bond motifs is 4. The molecule has 96 valence electrons. The highest BCUT2D eigenvalue weighted by atomic mass is 127. The van der Waals surface area contributed by atoms with Crippen molar-refractivity contribution in [2.45, 2.75) is 52.8 Å². The van der Waals surface area contributed by atoms with Gasteiger partial charge in [-0.05, 0) is 74.0 Å². The van der Waals surface area contributed by atoms with Gasteiger partial charge in [0, 0.05) is 0 Å². The van der Waals surface area contributed by atoms with Crippen LogP contribution in [0.25, 0.3) is 0 Å². The van der Waals surface area contributed by atoms with Crippen molar-refractivity contribution in [3.8, 4) is 0 Å². The molecule has 0 amide bonds. The van der Waals surface area contributed by atoms with E-state index in [0.717, 1.165) is 35.5 Å². The van der Waals surface area contributed by atoms with Crippen molar-refractivity contribution in [1.82, 2.24) is 0 Å². The first-order valence-corrected chi connectivity index (χ1v) is 9.68. The van der Waals surface area contributed by atoms with Gasteiger partial charge in [0.15, 0.2) is 0 Å². The Hall–Kier alpha value is 1.46. The normalized spacial score (nSPS) is 52.6. The zero-order valence-corrected chi connectivity index (χ0v) is 14.7. The summed E-state index contributed by atoms with van der Waals surface area (Å²) < 4.78 is 0.606. The molecule has 4 aliphatic rings. The van der Waals surface area contributed by atoms with E-state index in [4.69, 9.17) is 0 Å². The third-order valence-corrected chi connectivity index (χ3v) is 9.66. The molecule has 4 bridgehead atoms. The first-order valence-electron chi connectivity index (χ1n) is 7.52. The second-order valence-electron chi connectivity index (χ2n) is 7.24. The Labute approximate surface area is 132 Å². The summed E-state index contributed by atoms with van der Waals surface area (Å²) in [5, 5.41) is 0. The van der Waals surface area contributed by atoms with Gasteiger partial charge < -0.3 is 0 Å². The molecular formula is C15H22I2. The number of alkyl halides is 2. The number of halogens is 2. The van der Waals surface area contributed by atoms with E-state index in [-0.39, 0.29) is 0 Å². The van der Waals surface area contributed by atoms with Crippen LogP contribution in [0.5, 0.6) is 0 Å². The number of hydrogen-bond acceptors (Lipinski definition) is 0. The van der Waals surface area contributed by atoms with Crippen molar-refractivity contribution >= 4 is 45.2 Å². The minimum atomic E-state index is 0.606. The Morgan fingerprint density at radius 2 is 1.12 bits per heavy atom. The van der Waals surface area contributed by atoms with E-state index < -0.39 is 0 Å². The second kappa shape index (κ2) is 4.23. The zero-order chi connectivity index (χ0) is 11.6. The van der Waals surface area contributed by atoms with Gasteiger partial charge in [-0.2, -0.15) is 0 Å². The summed E-state index contributed by atoms with van der Waals surface area (Å²) in [5.41, 5.74) is 0. The molecule has 0 nitrogen and oxygen atoms in total. The molecule has 17 heavy (non-hydrogen) atoms. The Bertz CT molecular complexity index is 295. The quantitative estimate of drug-likeness (QED) is 0.385. The summed E-state index contributed by atoms with van der Waals surface area (Å²) in [5.74, 6) is 6.57. The molecule has 2 heteroatoms. The highest BCUT2D eigenvalue weighted by molar-refractivity contribution is 14.2. The molecule has 4 saturated carbocycles. The van der Waals surface area contributed by atoms with Crippen molar-refractivity contribution in [1.29, 1.82) is 0 Å². The summed E-state index contributed by atoms with van der Waals surface area (Å²) in [7, 11) is 0. The fraction of sp³-hybridized carbons (Fsp3) is 1.00. The molecule has 0 heterocycles. The molecule has 4 rings (SSSR count). The second-order valence-corrected chi connectivity index (χ2v) is 12.9. The molecular weight excluding hydrogens is 434 g/mol. The third-order valence-electron chi connectivity index (χ3n) is 6.46. The summed E-state index contributed by atoms with van der Waals surface area (Å²) in [4.78, 5) is 0. The van der Waals surface area contributed by atoms with Crippen molar-refractivity contribution in [2.75, 3.05) is 0 Å². The highest BCUT2D eigenvalue weighted by Crippen LogP contribution is 2.64. The topological polar surface area (TPSA) is 0 Å². The van der Waals surface area contributed by atoms with Gasteiger partial charge >= 0.3 is 0 Å². The van der Waals surface area contributed by atoms with Crippen LogP contribution in [-0.4, -0.2) is 1.43 Å². The molecule has 0 saturated heterocycles. The van der Waals surface area contributed by atoms with Gasteiger partial charge in [-0.25, -0.2) is 0 Å². The molecule has 0 aromatic carbocycles.